The molecule has 0 fully saturated rings. The molecule has 0 bridgehead atoms. The lowest BCUT2D eigenvalue weighted by atomic mass is 9.96. The van der Waals surface area contributed by atoms with E-state index < -0.39 is 0 Å². The van der Waals surface area contributed by atoms with Gasteiger partial charge in [0.25, 0.3) is 0 Å². The summed E-state index contributed by atoms with van der Waals surface area (Å²) in [6, 6.07) is 78.8. The molecule has 12 aromatic rings. The molecule has 0 radical (unpaired) electrons. The number of benzene rings is 10. The number of anilines is 3. The lowest BCUT2D eigenvalue weighted by Crippen LogP contribution is -2.10. The van der Waals surface area contributed by atoms with Crippen LogP contribution in [0.3, 0.4) is 0 Å². The van der Waals surface area contributed by atoms with Crippen molar-refractivity contribution >= 4 is 82.4 Å². The van der Waals surface area contributed by atoms with Crippen molar-refractivity contribution in [1.29, 1.82) is 0 Å². The molecule has 3 nitrogen and oxygen atoms in total. The monoisotopic (exact) mass is 752 g/mol. The molecular formula is C56H36N2O. The summed E-state index contributed by atoms with van der Waals surface area (Å²) in [7, 11) is 0. The second-order valence-corrected chi connectivity index (χ2v) is 15.3. The van der Waals surface area contributed by atoms with Crippen molar-refractivity contribution in [3.63, 3.8) is 0 Å². The lowest BCUT2D eigenvalue weighted by Gasteiger charge is -2.27. The Morgan fingerprint density at radius 1 is 0.339 bits per heavy atom. The second kappa shape index (κ2) is 13.4. The molecule has 0 saturated carbocycles. The molecule has 0 saturated heterocycles. The Morgan fingerprint density at radius 2 is 0.949 bits per heavy atom. The normalized spacial score (nSPS) is 11.7. The molecule has 12 rings (SSSR count). The molecule has 59 heavy (non-hydrogen) atoms. The van der Waals surface area contributed by atoms with Crippen LogP contribution in [0, 0.1) is 0 Å². The number of fused-ring (bicyclic) bond motifs is 9. The molecule has 0 spiro atoms. The average molecular weight is 753 g/mol. The van der Waals surface area contributed by atoms with E-state index in [4.69, 9.17) is 4.42 Å². The van der Waals surface area contributed by atoms with Crippen molar-refractivity contribution in [2.75, 3.05) is 4.90 Å². The molecule has 2 aromatic heterocycles. The minimum atomic E-state index is 0.918. The van der Waals surface area contributed by atoms with E-state index in [0.29, 0.717) is 0 Å². The molecule has 0 aliphatic rings. The van der Waals surface area contributed by atoms with Gasteiger partial charge in [-0.05, 0) is 123 Å². The first-order valence-corrected chi connectivity index (χ1v) is 20.2. The third-order valence-electron chi connectivity index (χ3n) is 11.9. The maximum Gasteiger partial charge on any atom is 0.136 e. The van der Waals surface area contributed by atoms with Gasteiger partial charge in [0.05, 0.1) is 16.7 Å². The highest BCUT2D eigenvalue weighted by Crippen LogP contribution is 2.45. The van der Waals surface area contributed by atoms with Crippen molar-refractivity contribution in [2.24, 2.45) is 0 Å². The molecule has 0 atom stereocenters. The predicted octanol–water partition coefficient (Wildman–Crippen LogP) is 15.8. The van der Waals surface area contributed by atoms with Crippen LogP contribution >= 0.6 is 0 Å². The van der Waals surface area contributed by atoms with Gasteiger partial charge in [0.1, 0.15) is 11.2 Å². The summed E-state index contributed by atoms with van der Waals surface area (Å²) in [6.45, 7) is 0. The van der Waals surface area contributed by atoms with Gasteiger partial charge in [0, 0.05) is 38.6 Å². The smallest absolute Gasteiger partial charge is 0.136 e. The minimum absolute atomic E-state index is 0.918. The van der Waals surface area contributed by atoms with E-state index in [0.717, 1.165) is 39.3 Å². The second-order valence-electron chi connectivity index (χ2n) is 15.3. The van der Waals surface area contributed by atoms with E-state index in [1.54, 1.807) is 0 Å². The van der Waals surface area contributed by atoms with Gasteiger partial charge in [-0.25, -0.2) is 0 Å². The summed E-state index contributed by atoms with van der Waals surface area (Å²) in [5, 5.41) is 9.53. The van der Waals surface area contributed by atoms with E-state index in [-0.39, 0.29) is 0 Å². The fourth-order valence-corrected chi connectivity index (χ4v) is 9.18. The summed E-state index contributed by atoms with van der Waals surface area (Å²) in [5.74, 6) is 0. The molecule has 276 valence electrons. The van der Waals surface area contributed by atoms with Crippen LogP contribution in [0.4, 0.5) is 17.1 Å². The van der Waals surface area contributed by atoms with Crippen LogP contribution in [-0.4, -0.2) is 4.57 Å². The van der Waals surface area contributed by atoms with Gasteiger partial charge in [-0.2, -0.15) is 0 Å². The van der Waals surface area contributed by atoms with Crippen LogP contribution in [-0.2, 0) is 0 Å². The summed E-state index contributed by atoms with van der Waals surface area (Å²) < 4.78 is 8.63. The fraction of sp³-hybridized carbons (Fsp3) is 0. The highest BCUT2D eigenvalue weighted by Gasteiger charge is 2.21. The highest BCUT2D eigenvalue weighted by atomic mass is 16.3. The van der Waals surface area contributed by atoms with Crippen molar-refractivity contribution in [3.05, 3.63) is 218 Å². The Labute approximate surface area is 341 Å². The Bertz CT molecular complexity index is 3540. The van der Waals surface area contributed by atoms with E-state index in [1.165, 1.54) is 71.0 Å². The van der Waals surface area contributed by atoms with Crippen molar-refractivity contribution in [2.45, 2.75) is 0 Å². The highest BCUT2D eigenvalue weighted by molar-refractivity contribution is 6.20. The zero-order chi connectivity index (χ0) is 38.9. The predicted molar refractivity (Wildman–Crippen MR) is 249 cm³/mol. The molecule has 0 unspecified atom stereocenters. The average Bonchev–Trinajstić information content (AvgIpc) is 3.86. The molecule has 2 heterocycles. The van der Waals surface area contributed by atoms with E-state index in [2.05, 4.69) is 216 Å². The summed E-state index contributed by atoms with van der Waals surface area (Å²) in [5.41, 5.74) is 13.4. The lowest BCUT2D eigenvalue weighted by molar-refractivity contribution is 0.669. The van der Waals surface area contributed by atoms with E-state index in [9.17, 15) is 0 Å². The Kier molecular flexibility index (Phi) is 7.54. The standard InChI is InChI=1S/C56H36N2O/c1-3-12-37(13-4-1)38-26-30-45(31-27-38)57(51-19-11-20-52-56(51)47-16-7-9-18-50(47)58(52)44-14-5-2-6-15-44)46-32-28-41-34-40(24-25-42(41)35-46)43-23-22-39-29-33-54-55(49(39)36-43)48-17-8-10-21-53(48)59-54/h1-36H. The van der Waals surface area contributed by atoms with Gasteiger partial charge in [-0.3, -0.25) is 0 Å². The summed E-state index contributed by atoms with van der Waals surface area (Å²) in [4.78, 5) is 2.43. The van der Waals surface area contributed by atoms with E-state index >= 15 is 0 Å². The first-order chi connectivity index (χ1) is 29.2. The minimum Gasteiger partial charge on any atom is -0.456 e. The third kappa shape index (κ3) is 5.44. The van der Waals surface area contributed by atoms with Crippen LogP contribution < -0.4 is 4.90 Å². The number of nitrogens with zero attached hydrogens (tertiary/aromatic N) is 2. The van der Waals surface area contributed by atoms with Crippen LogP contribution in [0.5, 0.6) is 0 Å². The van der Waals surface area contributed by atoms with Gasteiger partial charge in [0.2, 0.25) is 0 Å². The maximum atomic E-state index is 6.25. The van der Waals surface area contributed by atoms with Crippen molar-refractivity contribution < 1.29 is 4.42 Å². The van der Waals surface area contributed by atoms with E-state index in [1.807, 2.05) is 12.1 Å². The molecule has 0 amide bonds. The van der Waals surface area contributed by atoms with Crippen LogP contribution in [0.25, 0.3) is 93.2 Å². The van der Waals surface area contributed by atoms with Gasteiger partial charge < -0.3 is 13.9 Å². The SMILES string of the molecule is c1ccc(-c2ccc(N(c3ccc4cc(-c5ccc6ccc7oc8ccccc8c7c6c5)ccc4c3)c3cccc4c3c3ccccc3n4-c3ccccc3)cc2)cc1. The van der Waals surface area contributed by atoms with Crippen molar-refractivity contribution in [1.82, 2.24) is 4.57 Å². The van der Waals surface area contributed by atoms with Crippen LogP contribution in [0.1, 0.15) is 0 Å². The summed E-state index contributed by atoms with van der Waals surface area (Å²) >= 11 is 0. The zero-order valence-electron chi connectivity index (χ0n) is 32.1. The quantitative estimate of drug-likeness (QED) is 0.169. The van der Waals surface area contributed by atoms with Gasteiger partial charge in [0.15, 0.2) is 0 Å². The number of hydrogen-bond donors (Lipinski definition) is 0. The van der Waals surface area contributed by atoms with Gasteiger partial charge in [-0.1, -0.05) is 140 Å². The number of rotatable bonds is 6. The molecule has 3 heteroatoms. The Morgan fingerprint density at radius 3 is 1.80 bits per heavy atom. The van der Waals surface area contributed by atoms with Crippen molar-refractivity contribution in [3.8, 4) is 27.9 Å². The Balaban J connectivity index is 1.02. The molecule has 0 aliphatic carbocycles. The molecule has 10 aromatic carbocycles. The third-order valence-corrected chi connectivity index (χ3v) is 11.9. The molecule has 0 aliphatic heterocycles. The van der Waals surface area contributed by atoms with Crippen LogP contribution in [0.2, 0.25) is 0 Å². The summed E-state index contributed by atoms with van der Waals surface area (Å²) in [6.07, 6.45) is 0. The molecule has 0 N–H and O–H groups in total. The molecular weight excluding hydrogens is 717 g/mol. The number of aromatic nitrogens is 1. The topological polar surface area (TPSA) is 21.3 Å². The first-order valence-electron chi connectivity index (χ1n) is 20.2. The number of hydrogen-bond acceptors (Lipinski definition) is 2. The first kappa shape index (κ1) is 33.3. The number of para-hydroxylation sites is 3. The Hall–Kier alpha value is -7.88. The largest absolute Gasteiger partial charge is 0.456 e. The van der Waals surface area contributed by atoms with Gasteiger partial charge >= 0.3 is 0 Å². The fourth-order valence-electron chi connectivity index (χ4n) is 9.18. The van der Waals surface area contributed by atoms with Gasteiger partial charge in [-0.15, -0.1) is 0 Å². The van der Waals surface area contributed by atoms with Crippen LogP contribution in [0.15, 0.2) is 223 Å². The number of furan rings is 1. The maximum absolute atomic E-state index is 6.25. The zero-order valence-corrected chi connectivity index (χ0v) is 32.1.